The molecule has 0 unspecified atom stereocenters. The first-order valence-electron chi connectivity index (χ1n) is 4.93. The van der Waals surface area contributed by atoms with E-state index in [-0.39, 0.29) is 5.91 Å². The molecule has 0 bridgehead atoms. The highest BCUT2D eigenvalue weighted by atomic mass is 16.1. The highest BCUT2D eigenvalue weighted by Gasteiger charge is 2.03. The van der Waals surface area contributed by atoms with Gasteiger partial charge in [-0.15, -0.1) is 10.2 Å². The Morgan fingerprint density at radius 3 is 2.69 bits per heavy atom. The molecule has 1 heterocycles. The predicted molar refractivity (Wildman–Crippen MR) is 58.5 cm³/mol. The van der Waals surface area contributed by atoms with Gasteiger partial charge in [-0.1, -0.05) is 6.92 Å². The minimum atomic E-state index is -0.00712. The first-order valence-corrected chi connectivity index (χ1v) is 4.93. The van der Waals surface area contributed by atoms with Crippen LogP contribution in [-0.4, -0.2) is 26.5 Å². The maximum atomic E-state index is 11.1. The zero-order valence-corrected chi connectivity index (χ0v) is 8.77. The minimum Gasteiger partial charge on any atom is -0.326 e. The van der Waals surface area contributed by atoms with E-state index in [1.54, 1.807) is 12.1 Å². The SMILES string of the molecule is CCC(=O)Nc1ccc(-c2nn[nH]n2)cc1. The average Bonchev–Trinajstić information content (AvgIpc) is 2.83. The summed E-state index contributed by atoms with van der Waals surface area (Å²) in [5.41, 5.74) is 1.61. The van der Waals surface area contributed by atoms with E-state index in [2.05, 4.69) is 25.9 Å². The van der Waals surface area contributed by atoms with E-state index >= 15 is 0 Å². The molecule has 0 radical (unpaired) electrons. The second-order valence-corrected chi connectivity index (χ2v) is 3.21. The quantitative estimate of drug-likeness (QED) is 0.809. The highest BCUT2D eigenvalue weighted by molar-refractivity contribution is 5.90. The number of anilines is 1. The van der Waals surface area contributed by atoms with Gasteiger partial charge in [-0.25, -0.2) is 0 Å². The number of aromatic nitrogens is 4. The number of carbonyl (C=O) groups excluding carboxylic acids is 1. The predicted octanol–water partition coefficient (Wildman–Crippen LogP) is 1.22. The summed E-state index contributed by atoms with van der Waals surface area (Å²) >= 11 is 0. The number of benzene rings is 1. The Balaban J connectivity index is 2.14. The van der Waals surface area contributed by atoms with Gasteiger partial charge in [0.2, 0.25) is 11.7 Å². The molecule has 2 rings (SSSR count). The van der Waals surface area contributed by atoms with Crippen LogP contribution in [0.5, 0.6) is 0 Å². The second-order valence-electron chi connectivity index (χ2n) is 3.21. The van der Waals surface area contributed by atoms with E-state index in [1.165, 1.54) is 0 Å². The van der Waals surface area contributed by atoms with Crippen LogP contribution in [0.15, 0.2) is 24.3 Å². The van der Waals surface area contributed by atoms with Crippen molar-refractivity contribution in [2.24, 2.45) is 0 Å². The van der Waals surface area contributed by atoms with Crippen LogP contribution in [0, 0.1) is 0 Å². The lowest BCUT2D eigenvalue weighted by molar-refractivity contribution is -0.115. The summed E-state index contributed by atoms with van der Waals surface area (Å²) in [4.78, 5) is 11.1. The number of hydrogen-bond acceptors (Lipinski definition) is 4. The Bertz CT molecular complexity index is 462. The van der Waals surface area contributed by atoms with Crippen LogP contribution in [0.2, 0.25) is 0 Å². The molecule has 0 saturated carbocycles. The van der Waals surface area contributed by atoms with Crippen LogP contribution < -0.4 is 5.32 Å². The Morgan fingerprint density at radius 2 is 2.12 bits per heavy atom. The molecular formula is C10H11N5O. The van der Waals surface area contributed by atoms with Crippen molar-refractivity contribution in [3.05, 3.63) is 24.3 Å². The van der Waals surface area contributed by atoms with Crippen molar-refractivity contribution >= 4 is 11.6 Å². The molecule has 0 aliphatic heterocycles. The average molecular weight is 217 g/mol. The maximum Gasteiger partial charge on any atom is 0.224 e. The summed E-state index contributed by atoms with van der Waals surface area (Å²) in [6.45, 7) is 1.81. The molecule has 1 aromatic heterocycles. The van der Waals surface area contributed by atoms with Gasteiger partial charge >= 0.3 is 0 Å². The largest absolute Gasteiger partial charge is 0.326 e. The lowest BCUT2D eigenvalue weighted by Gasteiger charge is -2.03. The van der Waals surface area contributed by atoms with E-state index in [0.29, 0.717) is 12.2 Å². The van der Waals surface area contributed by atoms with Gasteiger partial charge in [0.25, 0.3) is 0 Å². The number of hydrogen-bond donors (Lipinski definition) is 2. The van der Waals surface area contributed by atoms with Gasteiger partial charge in [-0.3, -0.25) is 4.79 Å². The third kappa shape index (κ3) is 2.22. The lowest BCUT2D eigenvalue weighted by atomic mass is 10.2. The van der Waals surface area contributed by atoms with Gasteiger partial charge in [0.1, 0.15) is 0 Å². The minimum absolute atomic E-state index is 0.00712. The van der Waals surface area contributed by atoms with Crippen molar-refractivity contribution in [2.45, 2.75) is 13.3 Å². The molecule has 0 aliphatic carbocycles. The number of carbonyl (C=O) groups is 1. The molecule has 82 valence electrons. The molecule has 0 saturated heterocycles. The molecule has 6 nitrogen and oxygen atoms in total. The summed E-state index contributed by atoms with van der Waals surface area (Å²) in [7, 11) is 0. The monoisotopic (exact) mass is 217 g/mol. The maximum absolute atomic E-state index is 11.1. The van der Waals surface area contributed by atoms with Gasteiger partial charge in [0.05, 0.1) is 0 Å². The van der Waals surface area contributed by atoms with Crippen molar-refractivity contribution in [3.8, 4) is 11.4 Å². The van der Waals surface area contributed by atoms with E-state index in [9.17, 15) is 4.79 Å². The number of amides is 1. The Kier molecular flexibility index (Phi) is 2.90. The van der Waals surface area contributed by atoms with Crippen LogP contribution in [-0.2, 0) is 4.79 Å². The molecule has 0 spiro atoms. The molecule has 0 fully saturated rings. The fraction of sp³-hybridized carbons (Fsp3) is 0.200. The van der Waals surface area contributed by atoms with Crippen LogP contribution in [0.25, 0.3) is 11.4 Å². The number of tetrazole rings is 1. The lowest BCUT2D eigenvalue weighted by Crippen LogP contribution is -2.09. The van der Waals surface area contributed by atoms with Crippen LogP contribution >= 0.6 is 0 Å². The molecule has 2 N–H and O–H groups in total. The van der Waals surface area contributed by atoms with Gasteiger partial charge in [-0.2, -0.15) is 5.21 Å². The zero-order valence-electron chi connectivity index (χ0n) is 8.77. The molecule has 6 heteroatoms. The Hall–Kier alpha value is -2.24. The topological polar surface area (TPSA) is 83.6 Å². The van der Waals surface area contributed by atoms with Crippen molar-refractivity contribution in [1.82, 2.24) is 20.6 Å². The molecule has 1 amide bonds. The van der Waals surface area contributed by atoms with E-state index in [1.807, 2.05) is 19.1 Å². The van der Waals surface area contributed by atoms with Gasteiger partial charge < -0.3 is 5.32 Å². The van der Waals surface area contributed by atoms with Gasteiger partial charge in [0.15, 0.2) is 0 Å². The van der Waals surface area contributed by atoms with Crippen molar-refractivity contribution < 1.29 is 4.79 Å². The molecule has 2 aromatic rings. The van der Waals surface area contributed by atoms with Gasteiger partial charge in [-0.05, 0) is 29.5 Å². The van der Waals surface area contributed by atoms with Gasteiger partial charge in [0, 0.05) is 17.7 Å². The highest BCUT2D eigenvalue weighted by Crippen LogP contribution is 2.16. The van der Waals surface area contributed by atoms with Crippen LogP contribution in [0.3, 0.4) is 0 Å². The zero-order chi connectivity index (χ0) is 11.4. The number of rotatable bonds is 3. The number of nitrogens with zero attached hydrogens (tertiary/aromatic N) is 3. The molecular weight excluding hydrogens is 206 g/mol. The van der Waals surface area contributed by atoms with Crippen molar-refractivity contribution in [3.63, 3.8) is 0 Å². The van der Waals surface area contributed by atoms with E-state index < -0.39 is 0 Å². The molecule has 0 atom stereocenters. The summed E-state index contributed by atoms with van der Waals surface area (Å²) in [5.74, 6) is 0.528. The third-order valence-electron chi connectivity index (χ3n) is 2.09. The number of nitrogens with one attached hydrogen (secondary N) is 2. The first kappa shape index (κ1) is 10.3. The first-order chi connectivity index (χ1) is 7.79. The standard InChI is InChI=1S/C10H11N5O/c1-2-9(16)11-8-5-3-7(4-6-8)10-12-14-15-13-10/h3-6H,2H2,1H3,(H,11,16)(H,12,13,14,15). The third-order valence-corrected chi connectivity index (χ3v) is 2.09. The van der Waals surface area contributed by atoms with Crippen LogP contribution in [0.1, 0.15) is 13.3 Å². The summed E-state index contributed by atoms with van der Waals surface area (Å²) in [6.07, 6.45) is 0.465. The fourth-order valence-corrected chi connectivity index (χ4v) is 1.24. The summed E-state index contributed by atoms with van der Waals surface area (Å²) < 4.78 is 0. The van der Waals surface area contributed by atoms with E-state index in [0.717, 1.165) is 11.3 Å². The molecule has 1 aromatic carbocycles. The Labute approximate surface area is 92.1 Å². The summed E-state index contributed by atoms with van der Waals surface area (Å²) in [6, 6.07) is 7.27. The second kappa shape index (κ2) is 4.52. The normalized spacial score (nSPS) is 10.1. The fourth-order valence-electron chi connectivity index (χ4n) is 1.24. The smallest absolute Gasteiger partial charge is 0.224 e. The molecule has 16 heavy (non-hydrogen) atoms. The molecule has 0 aliphatic rings. The number of aromatic amines is 1. The summed E-state index contributed by atoms with van der Waals surface area (Å²) in [5, 5.41) is 16.3. The van der Waals surface area contributed by atoms with Crippen molar-refractivity contribution in [2.75, 3.05) is 5.32 Å². The number of H-pyrrole nitrogens is 1. The van der Waals surface area contributed by atoms with E-state index in [4.69, 9.17) is 0 Å². The Morgan fingerprint density at radius 1 is 1.38 bits per heavy atom. The van der Waals surface area contributed by atoms with Crippen LogP contribution in [0.4, 0.5) is 5.69 Å². The van der Waals surface area contributed by atoms with Crippen molar-refractivity contribution in [1.29, 1.82) is 0 Å².